The molecule has 2 N–H and O–H groups in total. The lowest BCUT2D eigenvalue weighted by atomic mass is 9.72. The van der Waals surface area contributed by atoms with Crippen LogP contribution in [-0.4, -0.2) is 5.54 Å². The van der Waals surface area contributed by atoms with E-state index in [4.69, 9.17) is 5.73 Å². The average Bonchev–Trinajstić information content (AvgIpc) is 2.38. The lowest BCUT2D eigenvalue weighted by Gasteiger charge is -2.37. The molecule has 2 rings (SSSR count). The maximum Gasteiger partial charge on any atom is 0.0157 e. The van der Waals surface area contributed by atoms with Crippen molar-refractivity contribution in [3.63, 3.8) is 0 Å². The van der Waals surface area contributed by atoms with Gasteiger partial charge in [-0.2, -0.15) is 0 Å². The van der Waals surface area contributed by atoms with Crippen molar-refractivity contribution in [2.24, 2.45) is 11.7 Å². The van der Waals surface area contributed by atoms with Gasteiger partial charge >= 0.3 is 0 Å². The first-order chi connectivity index (χ1) is 8.54. The Kier molecular flexibility index (Phi) is 4.11. The minimum atomic E-state index is -0.0378. The van der Waals surface area contributed by atoms with E-state index in [0.717, 1.165) is 6.42 Å². The van der Waals surface area contributed by atoms with Gasteiger partial charge in [0.25, 0.3) is 0 Å². The molecule has 1 aliphatic carbocycles. The van der Waals surface area contributed by atoms with Crippen molar-refractivity contribution in [2.75, 3.05) is 0 Å². The number of fused-ring (bicyclic) bond motifs is 1. The molecule has 1 aliphatic rings. The molecule has 0 amide bonds. The van der Waals surface area contributed by atoms with Gasteiger partial charge in [0.15, 0.2) is 0 Å². The number of hydrogen-bond donors (Lipinski definition) is 1. The first-order valence-electron chi connectivity index (χ1n) is 7.41. The Balaban J connectivity index is 2.16. The lowest BCUT2D eigenvalue weighted by Crippen LogP contribution is -2.44. The maximum atomic E-state index is 6.56. The summed E-state index contributed by atoms with van der Waals surface area (Å²) in [5.74, 6) is 1.26. The summed E-state index contributed by atoms with van der Waals surface area (Å²) in [6.07, 6.45) is 6.16. The molecule has 0 radical (unpaired) electrons. The first kappa shape index (κ1) is 13.6. The normalized spacial score (nSPS) is 24.1. The molecule has 0 saturated heterocycles. The van der Waals surface area contributed by atoms with E-state index in [0.29, 0.717) is 11.8 Å². The molecule has 3 unspecified atom stereocenters. The largest absolute Gasteiger partial charge is 0.325 e. The summed E-state index contributed by atoms with van der Waals surface area (Å²) in [6.45, 7) is 6.76. The van der Waals surface area contributed by atoms with E-state index in [9.17, 15) is 0 Å². The van der Waals surface area contributed by atoms with Crippen LogP contribution in [0.2, 0.25) is 0 Å². The number of rotatable bonds is 4. The summed E-state index contributed by atoms with van der Waals surface area (Å²) in [5.41, 5.74) is 9.63. The van der Waals surface area contributed by atoms with Gasteiger partial charge in [0.1, 0.15) is 0 Å². The van der Waals surface area contributed by atoms with Crippen LogP contribution in [-0.2, 0) is 6.42 Å². The summed E-state index contributed by atoms with van der Waals surface area (Å²) >= 11 is 0. The van der Waals surface area contributed by atoms with Gasteiger partial charge in [-0.3, -0.25) is 0 Å². The van der Waals surface area contributed by atoms with Gasteiger partial charge in [-0.15, -0.1) is 0 Å². The Morgan fingerprint density at radius 3 is 2.83 bits per heavy atom. The zero-order chi connectivity index (χ0) is 13.2. The second kappa shape index (κ2) is 5.44. The van der Waals surface area contributed by atoms with Crippen molar-refractivity contribution in [2.45, 2.75) is 64.3 Å². The zero-order valence-electron chi connectivity index (χ0n) is 12.1. The van der Waals surface area contributed by atoms with Crippen LogP contribution < -0.4 is 5.73 Å². The standard InChI is InChI=1S/C17H27N/c1-4-13(2)17(3,18)12-15-10-7-9-14-8-5-6-11-16(14)15/h5-6,8,11,13,15H,4,7,9-10,12,18H2,1-3H3. The highest BCUT2D eigenvalue weighted by Gasteiger charge is 2.31. The molecule has 1 aromatic carbocycles. The van der Waals surface area contributed by atoms with Crippen LogP contribution in [0.15, 0.2) is 24.3 Å². The molecule has 0 spiro atoms. The number of nitrogens with two attached hydrogens (primary N) is 1. The molecule has 0 aromatic heterocycles. The van der Waals surface area contributed by atoms with E-state index in [1.54, 1.807) is 11.1 Å². The van der Waals surface area contributed by atoms with E-state index in [-0.39, 0.29) is 5.54 Å². The Labute approximate surface area is 112 Å². The monoisotopic (exact) mass is 245 g/mol. The summed E-state index contributed by atoms with van der Waals surface area (Å²) in [7, 11) is 0. The van der Waals surface area contributed by atoms with Gasteiger partial charge < -0.3 is 5.73 Å². The van der Waals surface area contributed by atoms with Crippen molar-refractivity contribution in [1.82, 2.24) is 0 Å². The van der Waals surface area contributed by atoms with Crippen LogP contribution in [0.4, 0.5) is 0 Å². The minimum Gasteiger partial charge on any atom is -0.325 e. The Morgan fingerprint density at radius 2 is 2.11 bits per heavy atom. The molecule has 100 valence electrons. The Morgan fingerprint density at radius 1 is 1.39 bits per heavy atom. The second-order valence-corrected chi connectivity index (χ2v) is 6.31. The predicted molar refractivity (Wildman–Crippen MR) is 78.8 cm³/mol. The van der Waals surface area contributed by atoms with Crippen molar-refractivity contribution >= 4 is 0 Å². The van der Waals surface area contributed by atoms with E-state index >= 15 is 0 Å². The minimum absolute atomic E-state index is 0.0378. The molecule has 18 heavy (non-hydrogen) atoms. The molecule has 1 aromatic rings. The molecule has 3 atom stereocenters. The van der Waals surface area contributed by atoms with Crippen LogP contribution in [0.1, 0.15) is 63.5 Å². The summed E-state index contributed by atoms with van der Waals surface area (Å²) in [5, 5.41) is 0. The summed E-state index contributed by atoms with van der Waals surface area (Å²) < 4.78 is 0. The van der Waals surface area contributed by atoms with E-state index in [1.807, 2.05) is 0 Å². The SMILES string of the molecule is CCC(C)C(C)(N)CC1CCCc2ccccc21. The molecular weight excluding hydrogens is 218 g/mol. The third-order valence-corrected chi connectivity index (χ3v) is 4.92. The highest BCUT2D eigenvalue weighted by Crippen LogP contribution is 2.38. The van der Waals surface area contributed by atoms with Gasteiger partial charge in [0, 0.05) is 5.54 Å². The highest BCUT2D eigenvalue weighted by molar-refractivity contribution is 5.33. The van der Waals surface area contributed by atoms with E-state index in [1.165, 1.54) is 25.7 Å². The molecule has 0 fully saturated rings. The van der Waals surface area contributed by atoms with Crippen molar-refractivity contribution in [3.05, 3.63) is 35.4 Å². The molecule has 0 aliphatic heterocycles. The van der Waals surface area contributed by atoms with Crippen molar-refractivity contribution in [3.8, 4) is 0 Å². The summed E-state index contributed by atoms with van der Waals surface area (Å²) in [6, 6.07) is 8.94. The van der Waals surface area contributed by atoms with Crippen LogP contribution >= 0.6 is 0 Å². The number of aryl methyl sites for hydroxylation is 1. The quantitative estimate of drug-likeness (QED) is 0.842. The van der Waals surface area contributed by atoms with Crippen LogP contribution in [0.5, 0.6) is 0 Å². The van der Waals surface area contributed by atoms with Crippen molar-refractivity contribution in [1.29, 1.82) is 0 Å². The first-order valence-corrected chi connectivity index (χ1v) is 7.41. The molecular formula is C17H27N. The average molecular weight is 245 g/mol. The fourth-order valence-electron chi connectivity index (χ4n) is 3.26. The van der Waals surface area contributed by atoms with Crippen LogP contribution in [0, 0.1) is 5.92 Å². The molecule has 0 bridgehead atoms. The van der Waals surface area contributed by atoms with E-state index < -0.39 is 0 Å². The van der Waals surface area contributed by atoms with Crippen LogP contribution in [0.25, 0.3) is 0 Å². The smallest absolute Gasteiger partial charge is 0.0157 e. The van der Waals surface area contributed by atoms with Gasteiger partial charge in [-0.1, -0.05) is 44.5 Å². The highest BCUT2D eigenvalue weighted by atomic mass is 14.7. The lowest BCUT2D eigenvalue weighted by molar-refractivity contribution is 0.261. The fraction of sp³-hybridized carbons (Fsp3) is 0.647. The predicted octanol–water partition coefficient (Wildman–Crippen LogP) is 4.26. The van der Waals surface area contributed by atoms with Gasteiger partial charge in [-0.25, -0.2) is 0 Å². The Hall–Kier alpha value is -0.820. The van der Waals surface area contributed by atoms with Gasteiger partial charge in [0.2, 0.25) is 0 Å². The zero-order valence-corrected chi connectivity index (χ0v) is 12.1. The molecule has 0 saturated carbocycles. The third-order valence-electron chi connectivity index (χ3n) is 4.92. The van der Waals surface area contributed by atoms with Crippen molar-refractivity contribution < 1.29 is 0 Å². The van der Waals surface area contributed by atoms with Crippen LogP contribution in [0.3, 0.4) is 0 Å². The fourth-order valence-corrected chi connectivity index (χ4v) is 3.26. The molecule has 1 heteroatoms. The second-order valence-electron chi connectivity index (χ2n) is 6.31. The number of benzene rings is 1. The Bertz CT molecular complexity index is 394. The summed E-state index contributed by atoms with van der Waals surface area (Å²) in [4.78, 5) is 0. The topological polar surface area (TPSA) is 26.0 Å². The van der Waals surface area contributed by atoms with E-state index in [2.05, 4.69) is 45.0 Å². The molecule has 1 nitrogen and oxygen atoms in total. The maximum absolute atomic E-state index is 6.56. The number of hydrogen-bond acceptors (Lipinski definition) is 1. The molecule has 0 heterocycles. The third kappa shape index (κ3) is 2.77. The van der Waals surface area contributed by atoms with Gasteiger partial charge in [0.05, 0.1) is 0 Å². The van der Waals surface area contributed by atoms with Gasteiger partial charge in [-0.05, 0) is 55.6 Å².